The van der Waals surface area contributed by atoms with E-state index >= 15 is 0 Å². The Morgan fingerprint density at radius 1 is 1.15 bits per heavy atom. The van der Waals surface area contributed by atoms with Gasteiger partial charge in [-0.3, -0.25) is 4.79 Å². The predicted octanol–water partition coefficient (Wildman–Crippen LogP) is 0.781. The molecule has 104 valence electrons. The van der Waals surface area contributed by atoms with E-state index in [4.69, 9.17) is 0 Å². The van der Waals surface area contributed by atoms with Crippen molar-refractivity contribution in [2.45, 2.75) is 0 Å². The van der Waals surface area contributed by atoms with Crippen LogP contribution in [0.15, 0.2) is 41.3 Å². The molecule has 1 aliphatic rings. The molecule has 2 aromatic rings. The molecule has 6 heteroatoms. The molecule has 0 atom stereocenters. The van der Waals surface area contributed by atoms with E-state index in [-0.39, 0.29) is 11.4 Å². The monoisotopic (exact) mass is 274 g/mol. The van der Waals surface area contributed by atoms with Crippen molar-refractivity contribution in [3.8, 4) is 5.69 Å². The minimum atomic E-state index is -0.387. The first-order valence-electron chi connectivity index (χ1n) is 6.55. The van der Waals surface area contributed by atoms with Crippen LogP contribution in [-0.2, 0) is 0 Å². The quantitative estimate of drug-likeness (QED) is 0.879. The Hall–Kier alpha value is -2.21. The van der Waals surface area contributed by atoms with E-state index in [1.807, 2.05) is 0 Å². The number of nitrogens with one attached hydrogen (secondary N) is 1. The Kier molecular flexibility index (Phi) is 3.47. The minimum absolute atomic E-state index is 0.258. The molecule has 0 aliphatic carbocycles. The summed E-state index contributed by atoms with van der Waals surface area (Å²) in [6.07, 6.45) is 1.65. The van der Waals surface area contributed by atoms with Crippen molar-refractivity contribution in [2.75, 3.05) is 31.1 Å². The average molecular weight is 274 g/mol. The first-order valence-corrected chi connectivity index (χ1v) is 6.55. The molecule has 0 unspecified atom stereocenters. The van der Waals surface area contributed by atoms with Crippen molar-refractivity contribution < 1.29 is 4.39 Å². The molecule has 0 bridgehead atoms. The number of hydrogen-bond acceptors (Lipinski definition) is 4. The van der Waals surface area contributed by atoms with Gasteiger partial charge in [-0.2, -0.15) is 9.78 Å². The summed E-state index contributed by atoms with van der Waals surface area (Å²) in [5.74, 6) is -0.387. The van der Waals surface area contributed by atoms with Crippen LogP contribution in [0.2, 0.25) is 0 Å². The SMILES string of the molecule is O=c1cc(N2CCNCC2)cnn1-c1cccc(F)c1. The number of nitrogens with zero attached hydrogens (tertiary/aromatic N) is 3. The zero-order chi connectivity index (χ0) is 13.9. The standard InChI is InChI=1S/C14H15FN4O/c15-11-2-1-3-12(8-11)19-14(20)9-13(10-17-19)18-6-4-16-5-7-18/h1-3,8-10,16H,4-7H2. The van der Waals surface area contributed by atoms with Crippen LogP contribution in [0.4, 0.5) is 10.1 Å². The van der Waals surface area contributed by atoms with Gasteiger partial charge in [0.05, 0.1) is 17.6 Å². The molecule has 2 heterocycles. The molecule has 1 aromatic heterocycles. The molecule has 1 aromatic carbocycles. The lowest BCUT2D eigenvalue weighted by atomic mass is 10.3. The van der Waals surface area contributed by atoms with Crippen LogP contribution >= 0.6 is 0 Å². The average Bonchev–Trinajstić information content (AvgIpc) is 2.48. The second-order valence-electron chi connectivity index (χ2n) is 4.68. The predicted molar refractivity (Wildman–Crippen MR) is 74.9 cm³/mol. The molecule has 3 rings (SSSR count). The highest BCUT2D eigenvalue weighted by atomic mass is 19.1. The van der Waals surface area contributed by atoms with Crippen LogP contribution in [0.3, 0.4) is 0 Å². The fourth-order valence-corrected chi connectivity index (χ4v) is 2.30. The van der Waals surface area contributed by atoms with Crippen molar-refractivity contribution in [3.05, 3.63) is 52.7 Å². The molecule has 0 saturated carbocycles. The third-order valence-corrected chi connectivity index (χ3v) is 3.32. The van der Waals surface area contributed by atoms with Crippen LogP contribution in [0.25, 0.3) is 5.69 Å². The highest BCUT2D eigenvalue weighted by molar-refractivity contribution is 5.44. The number of anilines is 1. The van der Waals surface area contributed by atoms with Gasteiger partial charge in [0.15, 0.2) is 0 Å². The van der Waals surface area contributed by atoms with Crippen molar-refractivity contribution >= 4 is 5.69 Å². The maximum Gasteiger partial charge on any atom is 0.273 e. The Morgan fingerprint density at radius 3 is 2.65 bits per heavy atom. The Bertz CT molecular complexity index is 664. The van der Waals surface area contributed by atoms with Crippen molar-refractivity contribution in [1.29, 1.82) is 0 Å². The molecule has 0 amide bonds. The van der Waals surface area contributed by atoms with Crippen molar-refractivity contribution in [2.24, 2.45) is 0 Å². The van der Waals surface area contributed by atoms with Gasteiger partial charge in [-0.25, -0.2) is 4.39 Å². The van der Waals surface area contributed by atoms with E-state index in [9.17, 15) is 9.18 Å². The summed E-state index contributed by atoms with van der Waals surface area (Å²) in [4.78, 5) is 14.2. The van der Waals surface area contributed by atoms with Gasteiger partial charge in [0.2, 0.25) is 0 Å². The fraction of sp³-hybridized carbons (Fsp3) is 0.286. The first-order chi connectivity index (χ1) is 9.74. The lowest BCUT2D eigenvalue weighted by molar-refractivity contribution is 0.586. The Morgan fingerprint density at radius 2 is 1.95 bits per heavy atom. The van der Waals surface area contributed by atoms with Gasteiger partial charge in [-0.05, 0) is 18.2 Å². The summed E-state index contributed by atoms with van der Waals surface area (Å²) in [6.45, 7) is 3.50. The molecule has 0 radical (unpaired) electrons. The number of hydrogen-bond donors (Lipinski definition) is 1. The third kappa shape index (κ3) is 2.55. The van der Waals surface area contributed by atoms with E-state index < -0.39 is 0 Å². The summed E-state index contributed by atoms with van der Waals surface area (Å²) < 4.78 is 14.4. The number of halogens is 1. The van der Waals surface area contributed by atoms with E-state index in [0.29, 0.717) is 5.69 Å². The normalized spacial score (nSPS) is 15.3. The van der Waals surface area contributed by atoms with Crippen molar-refractivity contribution in [1.82, 2.24) is 15.1 Å². The fourth-order valence-electron chi connectivity index (χ4n) is 2.30. The third-order valence-electron chi connectivity index (χ3n) is 3.32. The molecule has 1 N–H and O–H groups in total. The molecular formula is C14H15FN4O. The van der Waals surface area contributed by atoms with Crippen LogP contribution < -0.4 is 15.8 Å². The van der Waals surface area contributed by atoms with Gasteiger partial charge in [-0.1, -0.05) is 6.07 Å². The van der Waals surface area contributed by atoms with Gasteiger partial charge in [-0.15, -0.1) is 0 Å². The molecule has 1 fully saturated rings. The molecule has 0 spiro atoms. The zero-order valence-electron chi connectivity index (χ0n) is 10.9. The van der Waals surface area contributed by atoms with Crippen LogP contribution in [0.1, 0.15) is 0 Å². The highest BCUT2D eigenvalue weighted by Gasteiger charge is 2.12. The zero-order valence-corrected chi connectivity index (χ0v) is 10.9. The van der Waals surface area contributed by atoms with E-state index in [2.05, 4.69) is 15.3 Å². The van der Waals surface area contributed by atoms with E-state index in [1.54, 1.807) is 24.4 Å². The molecular weight excluding hydrogens is 259 g/mol. The Labute approximate surface area is 115 Å². The summed E-state index contributed by atoms with van der Waals surface area (Å²) in [5, 5.41) is 7.40. The lowest BCUT2D eigenvalue weighted by Crippen LogP contribution is -2.44. The number of rotatable bonds is 2. The summed E-state index contributed by atoms with van der Waals surface area (Å²) in [6, 6.07) is 7.39. The smallest absolute Gasteiger partial charge is 0.273 e. The van der Waals surface area contributed by atoms with E-state index in [1.165, 1.54) is 16.8 Å². The summed E-state index contributed by atoms with van der Waals surface area (Å²) in [7, 11) is 0. The topological polar surface area (TPSA) is 50.2 Å². The molecule has 1 saturated heterocycles. The summed E-state index contributed by atoms with van der Waals surface area (Å²) >= 11 is 0. The maximum atomic E-state index is 13.2. The van der Waals surface area contributed by atoms with Crippen LogP contribution in [0, 0.1) is 5.82 Å². The number of benzene rings is 1. The van der Waals surface area contributed by atoms with Crippen LogP contribution in [-0.4, -0.2) is 36.0 Å². The second-order valence-corrected chi connectivity index (χ2v) is 4.68. The van der Waals surface area contributed by atoms with Gasteiger partial charge in [0, 0.05) is 32.2 Å². The van der Waals surface area contributed by atoms with Crippen LogP contribution in [0.5, 0.6) is 0 Å². The van der Waals surface area contributed by atoms with E-state index in [0.717, 1.165) is 31.9 Å². The maximum absolute atomic E-state index is 13.2. The highest BCUT2D eigenvalue weighted by Crippen LogP contribution is 2.12. The van der Waals surface area contributed by atoms with Gasteiger partial charge in [0.25, 0.3) is 5.56 Å². The van der Waals surface area contributed by atoms with Crippen molar-refractivity contribution in [3.63, 3.8) is 0 Å². The van der Waals surface area contributed by atoms with Gasteiger partial charge in [0.1, 0.15) is 5.82 Å². The largest absolute Gasteiger partial charge is 0.368 e. The lowest BCUT2D eigenvalue weighted by Gasteiger charge is -2.28. The number of aromatic nitrogens is 2. The first kappa shape index (κ1) is 12.8. The van der Waals surface area contributed by atoms with Gasteiger partial charge >= 0.3 is 0 Å². The Balaban J connectivity index is 1.93. The molecule has 20 heavy (non-hydrogen) atoms. The van der Waals surface area contributed by atoms with Gasteiger partial charge < -0.3 is 10.2 Å². The summed E-state index contributed by atoms with van der Waals surface area (Å²) in [5.41, 5.74) is 0.984. The number of piperazine rings is 1. The molecule has 5 nitrogen and oxygen atoms in total. The minimum Gasteiger partial charge on any atom is -0.368 e. The second kappa shape index (κ2) is 5.42. The molecule has 1 aliphatic heterocycles.